The first-order chi connectivity index (χ1) is 7.79. The molecule has 0 aromatic heterocycles. The summed E-state index contributed by atoms with van der Waals surface area (Å²) in [6.07, 6.45) is 0. The second-order valence-corrected chi connectivity index (χ2v) is 3.53. The van der Waals surface area contributed by atoms with Gasteiger partial charge < -0.3 is 10.1 Å². The van der Waals surface area contributed by atoms with Gasteiger partial charge in [0, 0.05) is 11.6 Å². The van der Waals surface area contributed by atoms with Crippen molar-refractivity contribution in [3.8, 4) is 17.6 Å². The molecular weight excluding hydrogens is 198 g/mol. The fourth-order valence-corrected chi connectivity index (χ4v) is 1.57. The number of hydrogen-bond donors (Lipinski definition) is 1. The van der Waals surface area contributed by atoms with Crippen LogP contribution in [0.25, 0.3) is 0 Å². The lowest BCUT2D eigenvalue weighted by atomic mass is 10.1. The molecule has 0 radical (unpaired) electrons. The highest BCUT2D eigenvalue weighted by Gasteiger charge is 2.09. The van der Waals surface area contributed by atoms with E-state index in [0.29, 0.717) is 12.6 Å². The number of ether oxygens (including phenoxy) is 1. The Morgan fingerprint density at radius 3 is 2.81 bits per heavy atom. The number of nitrogens with one attached hydrogen (secondary N) is 1. The average Bonchev–Trinajstić information content (AvgIpc) is 2.30. The molecule has 0 aliphatic heterocycles. The number of hydrogen-bond acceptors (Lipinski definition) is 2. The molecule has 86 valence electrons. The normalized spacial score (nSPS) is 11.4. The molecule has 1 unspecified atom stereocenters. The fourth-order valence-electron chi connectivity index (χ4n) is 1.57. The minimum atomic E-state index is 0.302. The first kappa shape index (κ1) is 12.6. The number of benzene rings is 1. The topological polar surface area (TPSA) is 21.3 Å². The lowest BCUT2D eigenvalue weighted by Crippen LogP contribution is -2.18. The predicted molar refractivity (Wildman–Crippen MR) is 67.5 cm³/mol. The molecule has 1 N–H and O–H groups in total. The molecular formula is C14H19NO. The summed E-state index contributed by atoms with van der Waals surface area (Å²) in [4.78, 5) is 0. The lowest BCUT2D eigenvalue weighted by Gasteiger charge is -2.16. The molecule has 0 heterocycles. The Bertz CT molecular complexity index is 376. The average molecular weight is 217 g/mol. The second kappa shape index (κ2) is 6.92. The van der Waals surface area contributed by atoms with E-state index in [1.54, 1.807) is 0 Å². The van der Waals surface area contributed by atoms with Crippen molar-refractivity contribution < 1.29 is 4.74 Å². The molecule has 1 aromatic rings. The van der Waals surface area contributed by atoms with E-state index >= 15 is 0 Å². The van der Waals surface area contributed by atoms with Gasteiger partial charge in [0.1, 0.15) is 12.4 Å². The third-order valence-corrected chi connectivity index (χ3v) is 2.37. The molecule has 0 aliphatic rings. The Morgan fingerprint density at radius 1 is 1.38 bits per heavy atom. The molecule has 0 saturated carbocycles. The van der Waals surface area contributed by atoms with Crippen molar-refractivity contribution in [2.24, 2.45) is 0 Å². The van der Waals surface area contributed by atoms with Crippen molar-refractivity contribution in [2.75, 3.05) is 13.2 Å². The van der Waals surface area contributed by atoms with Gasteiger partial charge in [0.05, 0.1) is 0 Å². The zero-order chi connectivity index (χ0) is 11.8. The van der Waals surface area contributed by atoms with Crippen LogP contribution in [-0.2, 0) is 0 Å². The van der Waals surface area contributed by atoms with Crippen LogP contribution < -0.4 is 10.1 Å². The van der Waals surface area contributed by atoms with Crippen LogP contribution in [0, 0.1) is 11.8 Å². The Morgan fingerprint density at radius 2 is 2.12 bits per heavy atom. The van der Waals surface area contributed by atoms with E-state index in [0.717, 1.165) is 12.3 Å². The highest BCUT2D eigenvalue weighted by Crippen LogP contribution is 2.24. The van der Waals surface area contributed by atoms with Crippen molar-refractivity contribution in [2.45, 2.75) is 26.8 Å². The van der Waals surface area contributed by atoms with E-state index in [2.05, 4.69) is 37.1 Å². The highest BCUT2D eigenvalue weighted by molar-refractivity contribution is 5.35. The Kier molecular flexibility index (Phi) is 5.45. The lowest BCUT2D eigenvalue weighted by molar-refractivity contribution is 0.361. The summed E-state index contributed by atoms with van der Waals surface area (Å²) < 4.78 is 5.63. The fraction of sp³-hybridized carbons (Fsp3) is 0.429. The summed E-state index contributed by atoms with van der Waals surface area (Å²) in [5.74, 6) is 6.64. The molecule has 16 heavy (non-hydrogen) atoms. The summed E-state index contributed by atoms with van der Waals surface area (Å²) in [5.41, 5.74) is 1.18. The number of rotatable bonds is 5. The maximum atomic E-state index is 5.63. The van der Waals surface area contributed by atoms with Crippen molar-refractivity contribution >= 4 is 0 Å². The van der Waals surface area contributed by atoms with Crippen molar-refractivity contribution in [1.29, 1.82) is 0 Å². The van der Waals surface area contributed by atoms with Crippen LogP contribution in [0.2, 0.25) is 0 Å². The van der Waals surface area contributed by atoms with Gasteiger partial charge in [-0.25, -0.2) is 0 Å². The second-order valence-electron chi connectivity index (χ2n) is 3.53. The maximum Gasteiger partial charge on any atom is 0.149 e. The molecule has 0 fully saturated rings. The molecule has 1 aromatic carbocycles. The van der Waals surface area contributed by atoms with Gasteiger partial charge in [-0.3, -0.25) is 0 Å². The summed E-state index contributed by atoms with van der Waals surface area (Å²) in [5, 5.41) is 3.38. The zero-order valence-corrected chi connectivity index (χ0v) is 10.2. The maximum absolute atomic E-state index is 5.63. The van der Waals surface area contributed by atoms with E-state index in [4.69, 9.17) is 4.74 Å². The smallest absolute Gasteiger partial charge is 0.149 e. The minimum absolute atomic E-state index is 0.302. The highest BCUT2D eigenvalue weighted by atomic mass is 16.5. The molecule has 0 bridgehead atoms. The van der Waals surface area contributed by atoms with Crippen molar-refractivity contribution in [1.82, 2.24) is 5.32 Å². The summed E-state index contributed by atoms with van der Waals surface area (Å²) in [6.45, 7) is 7.45. The van der Waals surface area contributed by atoms with Gasteiger partial charge in [-0.05, 0) is 26.5 Å². The largest absolute Gasteiger partial charge is 0.481 e. The van der Waals surface area contributed by atoms with Crippen molar-refractivity contribution in [3.05, 3.63) is 29.8 Å². The van der Waals surface area contributed by atoms with Crippen LogP contribution in [-0.4, -0.2) is 13.2 Å². The van der Waals surface area contributed by atoms with Crippen LogP contribution in [0.3, 0.4) is 0 Å². The molecule has 2 nitrogen and oxygen atoms in total. The summed E-state index contributed by atoms with van der Waals surface area (Å²) in [7, 11) is 0. The minimum Gasteiger partial charge on any atom is -0.481 e. The van der Waals surface area contributed by atoms with Gasteiger partial charge in [0.2, 0.25) is 0 Å². The van der Waals surface area contributed by atoms with Crippen LogP contribution in [0.4, 0.5) is 0 Å². The van der Waals surface area contributed by atoms with Gasteiger partial charge >= 0.3 is 0 Å². The van der Waals surface area contributed by atoms with Crippen LogP contribution in [0.15, 0.2) is 24.3 Å². The first-order valence-corrected chi connectivity index (χ1v) is 5.64. The van der Waals surface area contributed by atoms with Gasteiger partial charge in [-0.1, -0.05) is 31.0 Å². The van der Waals surface area contributed by atoms with Crippen molar-refractivity contribution in [3.63, 3.8) is 0 Å². The monoisotopic (exact) mass is 217 g/mol. The molecule has 1 atom stereocenters. The Labute approximate surface area is 98.0 Å². The van der Waals surface area contributed by atoms with E-state index in [1.165, 1.54) is 5.56 Å². The van der Waals surface area contributed by atoms with Gasteiger partial charge in [0.25, 0.3) is 0 Å². The quantitative estimate of drug-likeness (QED) is 0.766. The Balaban J connectivity index is 2.76. The van der Waals surface area contributed by atoms with Crippen LogP contribution in [0.5, 0.6) is 5.75 Å². The van der Waals surface area contributed by atoms with E-state index < -0.39 is 0 Å². The van der Waals surface area contributed by atoms with Crippen LogP contribution in [0.1, 0.15) is 32.4 Å². The predicted octanol–water partition coefficient (Wildman–Crippen LogP) is 2.76. The van der Waals surface area contributed by atoms with Crippen LogP contribution >= 0.6 is 0 Å². The molecule has 0 saturated heterocycles. The zero-order valence-electron chi connectivity index (χ0n) is 10.2. The van der Waals surface area contributed by atoms with E-state index in [1.807, 2.05) is 25.1 Å². The standard InChI is InChI=1S/C14H19NO/c1-4-6-11-16-14-10-8-7-9-13(14)12(3)15-5-2/h7-10,12,15H,5,11H2,1-3H3. The summed E-state index contributed by atoms with van der Waals surface area (Å²) >= 11 is 0. The molecule has 0 aliphatic carbocycles. The molecule has 0 spiro atoms. The van der Waals surface area contributed by atoms with Gasteiger partial charge in [-0.15, -0.1) is 5.92 Å². The third-order valence-electron chi connectivity index (χ3n) is 2.37. The Hall–Kier alpha value is -1.46. The molecule has 0 amide bonds. The summed E-state index contributed by atoms with van der Waals surface area (Å²) in [6, 6.07) is 8.39. The van der Waals surface area contributed by atoms with Gasteiger partial charge in [0.15, 0.2) is 0 Å². The van der Waals surface area contributed by atoms with E-state index in [9.17, 15) is 0 Å². The third kappa shape index (κ3) is 3.60. The van der Waals surface area contributed by atoms with E-state index in [-0.39, 0.29) is 0 Å². The molecule has 2 heteroatoms. The molecule has 1 rings (SSSR count). The number of para-hydroxylation sites is 1. The van der Waals surface area contributed by atoms with Gasteiger partial charge in [-0.2, -0.15) is 0 Å². The first-order valence-electron chi connectivity index (χ1n) is 5.64. The SMILES string of the molecule is CC#CCOc1ccccc1C(C)NCC.